The summed E-state index contributed by atoms with van der Waals surface area (Å²) in [6.45, 7) is 3.82. The molecule has 0 radical (unpaired) electrons. The molecule has 0 heterocycles. The Morgan fingerprint density at radius 1 is 1.31 bits per heavy atom. The minimum Gasteiger partial charge on any atom is -0.390 e. The Morgan fingerprint density at radius 3 is 2.75 bits per heavy atom. The van der Waals surface area contributed by atoms with Crippen molar-refractivity contribution in [1.29, 1.82) is 0 Å². The molecular formula is C15H26O. The zero-order valence-corrected chi connectivity index (χ0v) is 10.6. The molecule has 3 aliphatic carbocycles. The number of rotatable bonds is 0. The van der Waals surface area contributed by atoms with Crippen LogP contribution in [0.3, 0.4) is 0 Å². The maximum Gasteiger partial charge on any atom is 0.0653 e. The van der Waals surface area contributed by atoms with Crippen LogP contribution in [0.5, 0.6) is 0 Å². The van der Waals surface area contributed by atoms with E-state index >= 15 is 0 Å². The Morgan fingerprint density at radius 2 is 2.06 bits per heavy atom. The molecule has 1 N–H and O–H groups in total. The maximum atomic E-state index is 11.0. The van der Waals surface area contributed by atoms with Crippen molar-refractivity contribution in [1.82, 2.24) is 0 Å². The van der Waals surface area contributed by atoms with Crippen molar-refractivity contribution in [2.75, 3.05) is 0 Å². The molecule has 0 aromatic carbocycles. The summed E-state index contributed by atoms with van der Waals surface area (Å²) >= 11 is 0. The molecule has 3 fully saturated rings. The van der Waals surface area contributed by atoms with Crippen LogP contribution in [-0.4, -0.2) is 10.7 Å². The monoisotopic (exact) mass is 226 g/mol. The first-order chi connectivity index (χ1) is 8.92. The van der Waals surface area contributed by atoms with Gasteiger partial charge in [-0.25, -0.2) is 0 Å². The summed E-state index contributed by atoms with van der Waals surface area (Å²) < 4.78 is 32.4. The van der Waals surface area contributed by atoms with E-state index in [0.717, 1.165) is 12.8 Å². The van der Waals surface area contributed by atoms with E-state index in [0.29, 0.717) is 18.3 Å². The molecule has 0 amide bonds. The third-order valence-corrected chi connectivity index (χ3v) is 6.17. The third-order valence-electron chi connectivity index (χ3n) is 6.17. The second-order valence-electron chi connectivity index (χ2n) is 7.00. The van der Waals surface area contributed by atoms with E-state index in [1.807, 2.05) is 13.8 Å². The Hall–Kier alpha value is -0.0400. The highest BCUT2D eigenvalue weighted by atomic mass is 16.3. The molecule has 2 bridgehead atoms. The van der Waals surface area contributed by atoms with Gasteiger partial charge in [0.2, 0.25) is 0 Å². The fraction of sp³-hybridized carbons (Fsp3) is 1.00. The summed E-state index contributed by atoms with van der Waals surface area (Å²) in [4.78, 5) is 0. The van der Waals surface area contributed by atoms with Gasteiger partial charge < -0.3 is 5.11 Å². The minimum absolute atomic E-state index is 0.0860. The highest BCUT2D eigenvalue weighted by Gasteiger charge is 2.67. The first kappa shape index (κ1) is 7.41. The molecule has 0 aromatic heterocycles. The van der Waals surface area contributed by atoms with Crippen LogP contribution in [0, 0.1) is 28.6 Å². The van der Waals surface area contributed by atoms with Gasteiger partial charge in [-0.1, -0.05) is 20.8 Å². The van der Waals surface area contributed by atoms with Crippen LogP contribution >= 0.6 is 0 Å². The average molecular weight is 226 g/mol. The fourth-order valence-corrected chi connectivity index (χ4v) is 5.23. The van der Waals surface area contributed by atoms with Crippen LogP contribution in [-0.2, 0) is 0 Å². The van der Waals surface area contributed by atoms with Crippen LogP contribution < -0.4 is 0 Å². The first-order valence-corrected chi connectivity index (χ1v) is 6.65. The number of fused-ring (bicyclic) bond motifs is 1. The van der Waals surface area contributed by atoms with E-state index in [9.17, 15) is 5.11 Å². The summed E-state index contributed by atoms with van der Waals surface area (Å²) in [5.74, 6) is -0.345. The zero-order chi connectivity index (χ0) is 15.2. The van der Waals surface area contributed by atoms with Gasteiger partial charge >= 0.3 is 0 Å². The number of hydrogen-bond donors (Lipinski definition) is 1. The summed E-state index contributed by atoms with van der Waals surface area (Å²) in [5, 5.41) is 11.0. The molecule has 0 aromatic rings. The summed E-state index contributed by atoms with van der Waals surface area (Å²) in [7, 11) is 0. The van der Waals surface area contributed by atoms with Crippen LogP contribution in [0.4, 0.5) is 0 Å². The van der Waals surface area contributed by atoms with Crippen molar-refractivity contribution < 1.29 is 10.6 Å². The van der Waals surface area contributed by atoms with Crippen molar-refractivity contribution >= 4 is 0 Å². The van der Waals surface area contributed by atoms with Gasteiger partial charge in [0.25, 0.3) is 0 Å². The van der Waals surface area contributed by atoms with Crippen molar-refractivity contribution in [3.8, 4) is 0 Å². The van der Waals surface area contributed by atoms with E-state index in [2.05, 4.69) is 6.92 Å². The highest BCUT2D eigenvalue weighted by molar-refractivity contribution is 5.16. The van der Waals surface area contributed by atoms with Crippen molar-refractivity contribution in [3.63, 3.8) is 0 Å². The van der Waals surface area contributed by atoms with Crippen molar-refractivity contribution in [2.45, 2.75) is 65.3 Å². The highest BCUT2D eigenvalue weighted by Crippen LogP contribution is 2.73. The Balaban J connectivity index is 2.16. The summed E-state index contributed by atoms with van der Waals surface area (Å²) in [6.07, 6.45) is 3.81. The predicted octanol–water partition coefficient (Wildman–Crippen LogP) is 3.61. The zero-order valence-electron chi connectivity index (χ0n) is 14.6. The fourth-order valence-electron chi connectivity index (χ4n) is 5.23. The Bertz CT molecular complexity index is 446. The average Bonchev–Trinajstić information content (AvgIpc) is 2.67. The standard InChI is InChI=1S/C15H26O/c1-10-5-6-11-13(2,3)12-9-15(10,11)8-7-14(12,4)16/h10-12,16H,5-9H2,1-4H3/t10?,11-,12-,14-,15+/m0/s1/i4D3,12D. The van der Waals surface area contributed by atoms with E-state index in [-0.39, 0.29) is 11.8 Å². The van der Waals surface area contributed by atoms with Crippen molar-refractivity contribution in [3.05, 3.63) is 0 Å². The Kier molecular flexibility index (Phi) is 1.32. The lowest BCUT2D eigenvalue weighted by molar-refractivity contribution is -0.0717. The molecule has 3 aliphatic rings. The normalized spacial score (nSPS) is 67.8. The van der Waals surface area contributed by atoms with Gasteiger partial charge in [-0.05, 0) is 67.5 Å². The van der Waals surface area contributed by atoms with Gasteiger partial charge in [0.15, 0.2) is 0 Å². The molecular weight excluding hydrogens is 196 g/mol. The lowest BCUT2D eigenvalue weighted by Crippen LogP contribution is -2.44. The van der Waals surface area contributed by atoms with E-state index in [1.165, 1.54) is 6.42 Å². The molecule has 16 heavy (non-hydrogen) atoms. The molecule has 0 aliphatic heterocycles. The van der Waals surface area contributed by atoms with Gasteiger partial charge in [-0.2, -0.15) is 0 Å². The quantitative estimate of drug-likeness (QED) is 0.669. The minimum atomic E-state index is -2.48. The predicted molar refractivity (Wildman–Crippen MR) is 66.1 cm³/mol. The van der Waals surface area contributed by atoms with Gasteiger partial charge in [0.1, 0.15) is 0 Å². The summed E-state index contributed by atoms with van der Waals surface area (Å²) in [6, 6.07) is 0. The summed E-state index contributed by atoms with van der Waals surface area (Å²) in [5.41, 5.74) is -2.22. The van der Waals surface area contributed by atoms with Crippen LogP contribution in [0.1, 0.15) is 65.2 Å². The second-order valence-corrected chi connectivity index (χ2v) is 7.00. The van der Waals surface area contributed by atoms with Crippen LogP contribution in [0.15, 0.2) is 0 Å². The smallest absolute Gasteiger partial charge is 0.0653 e. The lowest BCUT2D eigenvalue weighted by atomic mass is 9.64. The van der Waals surface area contributed by atoms with Gasteiger partial charge in [-0.3, -0.25) is 0 Å². The van der Waals surface area contributed by atoms with Gasteiger partial charge in [-0.15, -0.1) is 0 Å². The molecule has 3 saturated carbocycles. The third kappa shape index (κ3) is 1.06. The largest absolute Gasteiger partial charge is 0.390 e. The van der Waals surface area contributed by atoms with E-state index < -0.39 is 23.8 Å². The molecule has 5 atom stereocenters. The molecule has 1 nitrogen and oxygen atoms in total. The number of aliphatic hydroxyl groups is 1. The molecule has 1 unspecified atom stereocenters. The van der Waals surface area contributed by atoms with Crippen molar-refractivity contribution in [2.24, 2.45) is 28.6 Å². The molecule has 1 heteroatoms. The van der Waals surface area contributed by atoms with E-state index in [1.54, 1.807) is 0 Å². The lowest BCUT2D eigenvalue weighted by Gasteiger charge is -2.44. The topological polar surface area (TPSA) is 20.2 Å². The van der Waals surface area contributed by atoms with Gasteiger partial charge in [0, 0.05) is 5.48 Å². The van der Waals surface area contributed by atoms with Crippen LogP contribution in [0.2, 0.25) is 0 Å². The first-order valence-electron chi connectivity index (χ1n) is 8.65. The maximum absolute atomic E-state index is 11.0. The molecule has 1 spiro atoms. The molecule has 92 valence electrons. The van der Waals surface area contributed by atoms with Crippen LogP contribution in [0.25, 0.3) is 0 Å². The van der Waals surface area contributed by atoms with Gasteiger partial charge in [0.05, 0.1) is 5.60 Å². The Labute approximate surface area is 105 Å². The molecule has 3 rings (SSSR count). The molecule has 0 saturated heterocycles. The van der Waals surface area contributed by atoms with E-state index in [4.69, 9.17) is 5.48 Å². The second kappa shape index (κ2) is 2.85. The number of hydrogen-bond acceptors (Lipinski definition) is 1. The SMILES string of the molecule is [2H]C([2H])([2H])[C@]1(O)CC[C@]23C[C@@]1([2H])C(C)(C)[C@@H]2CCC3C.